The summed E-state index contributed by atoms with van der Waals surface area (Å²) in [6, 6.07) is 6.37. The monoisotopic (exact) mass is 224 g/mol. The van der Waals surface area contributed by atoms with Crippen molar-refractivity contribution in [3.63, 3.8) is 0 Å². The highest BCUT2D eigenvalue weighted by atomic mass is 19.4. The van der Waals surface area contributed by atoms with E-state index in [0.29, 0.717) is 11.0 Å². The highest BCUT2D eigenvalue weighted by molar-refractivity contribution is 5.76. The average molecular weight is 224 g/mol. The Labute approximate surface area is 89.7 Å². The number of aromatic nitrogens is 2. The van der Waals surface area contributed by atoms with Gasteiger partial charge in [0, 0.05) is 0 Å². The average Bonchev–Trinajstić information content (AvgIpc) is 2.58. The Morgan fingerprint density at radius 3 is 2.62 bits per heavy atom. The number of terminal acetylenes is 1. The number of para-hydroxylation sites is 2. The summed E-state index contributed by atoms with van der Waals surface area (Å²) in [6.45, 7) is -0.143. The maximum absolute atomic E-state index is 12.7. The van der Waals surface area contributed by atoms with Crippen LogP contribution in [0.2, 0.25) is 0 Å². The molecule has 0 aliphatic rings. The first kappa shape index (κ1) is 10.6. The Hall–Kier alpha value is -1.96. The maximum atomic E-state index is 12.7. The van der Waals surface area contributed by atoms with Crippen LogP contribution in [0.1, 0.15) is 5.82 Å². The third-order valence-electron chi connectivity index (χ3n) is 2.16. The van der Waals surface area contributed by atoms with Crippen molar-refractivity contribution in [2.75, 3.05) is 0 Å². The molecule has 1 aromatic heterocycles. The van der Waals surface area contributed by atoms with Crippen molar-refractivity contribution in [2.45, 2.75) is 12.7 Å². The number of halogens is 3. The van der Waals surface area contributed by atoms with E-state index in [0.717, 1.165) is 4.57 Å². The number of alkyl halides is 3. The number of hydrogen-bond acceptors (Lipinski definition) is 1. The van der Waals surface area contributed by atoms with E-state index in [-0.39, 0.29) is 6.54 Å². The molecule has 0 radical (unpaired) electrons. The molecule has 2 aromatic rings. The van der Waals surface area contributed by atoms with E-state index in [4.69, 9.17) is 6.42 Å². The van der Waals surface area contributed by atoms with E-state index in [1.165, 1.54) is 6.07 Å². The van der Waals surface area contributed by atoms with Crippen LogP contribution in [-0.2, 0) is 12.7 Å². The third kappa shape index (κ3) is 1.63. The fourth-order valence-corrected chi connectivity index (χ4v) is 1.54. The maximum Gasteiger partial charge on any atom is 0.449 e. The first-order valence-electron chi connectivity index (χ1n) is 4.50. The summed E-state index contributed by atoms with van der Waals surface area (Å²) < 4.78 is 39.0. The van der Waals surface area contributed by atoms with E-state index in [1.54, 1.807) is 18.2 Å². The molecule has 0 saturated heterocycles. The molecule has 0 unspecified atom stereocenters. The van der Waals surface area contributed by atoms with Gasteiger partial charge in [0.2, 0.25) is 5.82 Å². The van der Waals surface area contributed by atoms with Crippen molar-refractivity contribution >= 4 is 11.0 Å². The number of benzene rings is 1. The molecule has 1 heterocycles. The standard InChI is InChI=1S/C11H7F3N2/c1-2-7-16-9-6-4-3-5-8(9)15-10(16)11(12,13)14/h1,3-6H,7H2. The molecule has 82 valence electrons. The lowest BCUT2D eigenvalue weighted by Gasteiger charge is -2.07. The van der Waals surface area contributed by atoms with Crippen LogP contribution in [-0.4, -0.2) is 9.55 Å². The Kier molecular flexibility index (Phi) is 2.35. The van der Waals surface area contributed by atoms with Crippen LogP contribution in [0.25, 0.3) is 11.0 Å². The molecule has 0 N–H and O–H groups in total. The number of nitrogens with zero attached hydrogens (tertiary/aromatic N) is 2. The Bertz CT molecular complexity index is 561. The molecule has 16 heavy (non-hydrogen) atoms. The van der Waals surface area contributed by atoms with Crippen LogP contribution in [0.3, 0.4) is 0 Å². The summed E-state index contributed by atoms with van der Waals surface area (Å²) in [4.78, 5) is 3.54. The Morgan fingerprint density at radius 2 is 2.00 bits per heavy atom. The zero-order valence-electron chi connectivity index (χ0n) is 8.12. The van der Waals surface area contributed by atoms with Gasteiger partial charge in [0.15, 0.2) is 0 Å². The number of imidazole rings is 1. The summed E-state index contributed by atoms with van der Waals surface area (Å²) in [5.74, 6) is 1.25. The van der Waals surface area contributed by atoms with Crippen LogP contribution in [0.4, 0.5) is 13.2 Å². The molecule has 0 saturated carbocycles. The highest BCUT2D eigenvalue weighted by Crippen LogP contribution is 2.31. The van der Waals surface area contributed by atoms with Crippen molar-refractivity contribution < 1.29 is 13.2 Å². The van der Waals surface area contributed by atoms with E-state index in [9.17, 15) is 13.2 Å². The van der Waals surface area contributed by atoms with Gasteiger partial charge in [0.25, 0.3) is 0 Å². The molecule has 2 nitrogen and oxygen atoms in total. The number of fused-ring (bicyclic) bond motifs is 1. The largest absolute Gasteiger partial charge is 0.449 e. The van der Waals surface area contributed by atoms with Gasteiger partial charge in [-0.1, -0.05) is 18.1 Å². The van der Waals surface area contributed by atoms with Crippen LogP contribution in [0.15, 0.2) is 24.3 Å². The van der Waals surface area contributed by atoms with E-state index in [1.807, 2.05) is 0 Å². The van der Waals surface area contributed by atoms with Gasteiger partial charge < -0.3 is 4.57 Å². The summed E-state index contributed by atoms with van der Waals surface area (Å²) in [7, 11) is 0. The molecule has 0 aliphatic heterocycles. The fourth-order valence-electron chi connectivity index (χ4n) is 1.54. The summed E-state index contributed by atoms with van der Waals surface area (Å²) in [5.41, 5.74) is 0.692. The summed E-state index contributed by atoms with van der Waals surface area (Å²) >= 11 is 0. The molecule has 0 aliphatic carbocycles. The lowest BCUT2D eigenvalue weighted by atomic mass is 10.3. The smallest absolute Gasteiger partial charge is 0.309 e. The van der Waals surface area contributed by atoms with Crippen LogP contribution < -0.4 is 0 Å². The second kappa shape index (κ2) is 3.56. The lowest BCUT2D eigenvalue weighted by molar-refractivity contribution is -0.146. The van der Waals surface area contributed by atoms with Crippen LogP contribution in [0, 0.1) is 12.3 Å². The fraction of sp³-hybridized carbons (Fsp3) is 0.182. The zero-order chi connectivity index (χ0) is 11.8. The molecule has 0 amide bonds. The van der Waals surface area contributed by atoms with Gasteiger partial charge in [-0.25, -0.2) is 4.98 Å². The Balaban J connectivity index is 2.74. The minimum atomic E-state index is -4.49. The first-order chi connectivity index (χ1) is 7.54. The van der Waals surface area contributed by atoms with Crippen molar-refractivity contribution in [2.24, 2.45) is 0 Å². The predicted octanol–water partition coefficient (Wildman–Crippen LogP) is 2.69. The highest BCUT2D eigenvalue weighted by Gasteiger charge is 2.37. The van der Waals surface area contributed by atoms with Crippen molar-refractivity contribution in [1.29, 1.82) is 0 Å². The molecule has 0 spiro atoms. The predicted molar refractivity (Wildman–Crippen MR) is 53.6 cm³/mol. The van der Waals surface area contributed by atoms with Crippen molar-refractivity contribution in [3.05, 3.63) is 30.1 Å². The summed E-state index contributed by atoms with van der Waals surface area (Å²) in [6.07, 6.45) is 0.567. The molecule has 0 fully saturated rings. The number of rotatable bonds is 1. The van der Waals surface area contributed by atoms with Crippen molar-refractivity contribution in [1.82, 2.24) is 9.55 Å². The lowest BCUT2D eigenvalue weighted by Crippen LogP contribution is -2.14. The minimum absolute atomic E-state index is 0.143. The van der Waals surface area contributed by atoms with Gasteiger partial charge in [-0.3, -0.25) is 0 Å². The van der Waals surface area contributed by atoms with Gasteiger partial charge in [-0.15, -0.1) is 6.42 Å². The molecule has 0 bridgehead atoms. The second-order valence-electron chi connectivity index (χ2n) is 3.21. The quantitative estimate of drug-likeness (QED) is 0.681. The number of hydrogen-bond donors (Lipinski definition) is 0. The third-order valence-corrected chi connectivity index (χ3v) is 2.16. The first-order valence-corrected chi connectivity index (χ1v) is 4.50. The normalized spacial score (nSPS) is 11.6. The van der Waals surface area contributed by atoms with Gasteiger partial charge in [-0.05, 0) is 12.1 Å². The van der Waals surface area contributed by atoms with E-state index in [2.05, 4.69) is 10.9 Å². The van der Waals surface area contributed by atoms with Gasteiger partial charge in [0.1, 0.15) is 0 Å². The van der Waals surface area contributed by atoms with E-state index >= 15 is 0 Å². The molecule has 5 heteroatoms. The van der Waals surface area contributed by atoms with Crippen LogP contribution in [0.5, 0.6) is 0 Å². The molecule has 1 aromatic carbocycles. The molecule has 0 atom stereocenters. The van der Waals surface area contributed by atoms with Gasteiger partial charge in [-0.2, -0.15) is 13.2 Å². The second-order valence-corrected chi connectivity index (χ2v) is 3.21. The van der Waals surface area contributed by atoms with Crippen LogP contribution >= 0.6 is 0 Å². The molecular formula is C11H7F3N2. The summed E-state index contributed by atoms with van der Waals surface area (Å²) in [5, 5.41) is 0. The Morgan fingerprint density at radius 1 is 1.31 bits per heavy atom. The molecular weight excluding hydrogens is 217 g/mol. The van der Waals surface area contributed by atoms with Gasteiger partial charge >= 0.3 is 6.18 Å². The SMILES string of the molecule is C#CCn1c(C(F)(F)F)nc2ccccc21. The zero-order valence-corrected chi connectivity index (χ0v) is 8.12. The van der Waals surface area contributed by atoms with Gasteiger partial charge in [0.05, 0.1) is 17.6 Å². The topological polar surface area (TPSA) is 17.8 Å². The van der Waals surface area contributed by atoms with Crippen molar-refractivity contribution in [3.8, 4) is 12.3 Å². The van der Waals surface area contributed by atoms with E-state index < -0.39 is 12.0 Å². The molecule has 2 rings (SSSR count). The minimum Gasteiger partial charge on any atom is -0.309 e.